The molecular formula is C23H19ClN2O4. The maximum absolute atomic E-state index is 12.4. The molecule has 3 aromatic carbocycles. The van der Waals surface area contributed by atoms with Crippen LogP contribution in [0.5, 0.6) is 11.5 Å². The maximum Gasteiger partial charge on any atom is 0.343 e. The smallest absolute Gasteiger partial charge is 0.343 e. The van der Waals surface area contributed by atoms with Gasteiger partial charge in [-0.1, -0.05) is 29.3 Å². The van der Waals surface area contributed by atoms with Gasteiger partial charge >= 0.3 is 5.97 Å². The summed E-state index contributed by atoms with van der Waals surface area (Å²) in [6, 6.07) is 18.4. The van der Waals surface area contributed by atoms with E-state index in [1.807, 2.05) is 19.1 Å². The third-order valence-electron chi connectivity index (χ3n) is 4.18. The van der Waals surface area contributed by atoms with Crippen molar-refractivity contribution in [1.82, 2.24) is 5.43 Å². The molecule has 0 aliphatic heterocycles. The minimum absolute atomic E-state index is 0.271. The molecular weight excluding hydrogens is 404 g/mol. The van der Waals surface area contributed by atoms with E-state index in [-0.39, 0.29) is 5.75 Å². The molecule has 0 saturated heterocycles. The summed E-state index contributed by atoms with van der Waals surface area (Å²) in [7, 11) is 1.55. The molecule has 0 heterocycles. The molecule has 0 saturated carbocycles. The van der Waals surface area contributed by atoms with Crippen molar-refractivity contribution in [2.45, 2.75) is 6.92 Å². The van der Waals surface area contributed by atoms with Crippen LogP contribution < -0.4 is 14.9 Å². The molecule has 1 N–H and O–H groups in total. The number of hydrogen-bond acceptors (Lipinski definition) is 5. The highest BCUT2D eigenvalue weighted by Gasteiger charge is 2.12. The van der Waals surface area contributed by atoms with Crippen molar-refractivity contribution in [3.63, 3.8) is 0 Å². The Kier molecular flexibility index (Phi) is 6.83. The summed E-state index contributed by atoms with van der Waals surface area (Å²) in [5, 5.41) is 4.39. The summed E-state index contributed by atoms with van der Waals surface area (Å²) in [5.74, 6) is 0.0183. The lowest BCUT2D eigenvalue weighted by Gasteiger charge is -2.08. The summed E-state index contributed by atoms with van der Waals surface area (Å²) < 4.78 is 10.5. The van der Waals surface area contributed by atoms with Crippen LogP contribution in [0.15, 0.2) is 71.8 Å². The fourth-order valence-electron chi connectivity index (χ4n) is 2.53. The lowest BCUT2D eigenvalue weighted by molar-refractivity contribution is 0.0734. The number of hydrazone groups is 1. The minimum atomic E-state index is -0.505. The highest BCUT2D eigenvalue weighted by Crippen LogP contribution is 2.22. The number of nitrogens with one attached hydrogen (secondary N) is 1. The quantitative estimate of drug-likeness (QED) is 0.272. The maximum atomic E-state index is 12.4. The van der Waals surface area contributed by atoms with Gasteiger partial charge in [-0.2, -0.15) is 5.10 Å². The van der Waals surface area contributed by atoms with Gasteiger partial charge in [-0.05, 0) is 61.5 Å². The molecule has 152 valence electrons. The van der Waals surface area contributed by atoms with Crippen molar-refractivity contribution in [2.24, 2.45) is 5.10 Å². The predicted molar refractivity (Wildman–Crippen MR) is 116 cm³/mol. The van der Waals surface area contributed by atoms with E-state index in [1.165, 1.54) is 6.21 Å². The largest absolute Gasteiger partial charge is 0.497 e. The molecule has 3 rings (SSSR count). The third-order valence-corrected chi connectivity index (χ3v) is 4.42. The van der Waals surface area contributed by atoms with Gasteiger partial charge in [-0.3, -0.25) is 4.79 Å². The number of nitrogens with zero attached hydrogens (tertiary/aromatic N) is 1. The number of carbonyl (C=O) groups excluding carboxylic acids is 2. The van der Waals surface area contributed by atoms with Gasteiger partial charge in [0.05, 0.1) is 18.9 Å². The van der Waals surface area contributed by atoms with Gasteiger partial charge in [0.15, 0.2) is 0 Å². The van der Waals surface area contributed by atoms with Crippen molar-refractivity contribution >= 4 is 29.7 Å². The molecule has 0 aliphatic rings. The van der Waals surface area contributed by atoms with Crippen LogP contribution in [0.1, 0.15) is 31.8 Å². The number of hydrogen-bond donors (Lipinski definition) is 1. The number of methoxy groups -OCH3 is 1. The van der Waals surface area contributed by atoms with Crippen molar-refractivity contribution in [3.05, 3.63) is 94.0 Å². The Bertz CT molecular complexity index is 1080. The number of ether oxygens (including phenoxy) is 2. The van der Waals surface area contributed by atoms with Crippen LogP contribution in [0.25, 0.3) is 0 Å². The second-order valence-electron chi connectivity index (χ2n) is 6.37. The standard InChI is InChI=1S/C23H19ClN2O4/c1-15-3-5-17(6-4-15)23(28)30-21-12-9-19(24)13-18(21)14-25-26-22(27)16-7-10-20(29-2)11-8-16/h3-14H,1-2H3,(H,26,27)/b25-14+. The van der Waals surface area contributed by atoms with Crippen LogP contribution in [0.3, 0.4) is 0 Å². The van der Waals surface area contributed by atoms with E-state index in [9.17, 15) is 9.59 Å². The predicted octanol–water partition coefficient (Wildman–Crippen LogP) is 4.64. The number of aryl methyl sites for hydroxylation is 1. The number of rotatable bonds is 6. The number of amides is 1. The van der Waals surface area contributed by atoms with E-state index in [4.69, 9.17) is 21.1 Å². The second kappa shape index (κ2) is 9.71. The molecule has 0 fully saturated rings. The summed E-state index contributed by atoms with van der Waals surface area (Å²) in [5.41, 5.74) is 4.76. The molecule has 0 spiro atoms. The monoisotopic (exact) mass is 422 g/mol. The van der Waals surface area contributed by atoms with Crippen molar-refractivity contribution < 1.29 is 19.1 Å². The Morgan fingerprint density at radius 3 is 2.30 bits per heavy atom. The van der Waals surface area contributed by atoms with E-state index in [1.54, 1.807) is 61.7 Å². The zero-order valence-electron chi connectivity index (χ0n) is 16.4. The number of benzene rings is 3. The van der Waals surface area contributed by atoms with Gasteiger partial charge in [-0.25, -0.2) is 10.2 Å². The second-order valence-corrected chi connectivity index (χ2v) is 6.80. The van der Waals surface area contributed by atoms with Gasteiger partial charge in [0.25, 0.3) is 5.91 Å². The van der Waals surface area contributed by atoms with Crippen LogP contribution in [-0.4, -0.2) is 25.2 Å². The molecule has 30 heavy (non-hydrogen) atoms. The topological polar surface area (TPSA) is 77.0 Å². The third kappa shape index (κ3) is 5.46. The van der Waals surface area contributed by atoms with Crippen LogP contribution in [-0.2, 0) is 0 Å². The number of carbonyl (C=O) groups is 2. The molecule has 0 unspecified atom stereocenters. The number of halogens is 1. The average molecular weight is 423 g/mol. The summed E-state index contributed by atoms with van der Waals surface area (Å²) >= 11 is 6.05. The molecule has 0 bridgehead atoms. The van der Waals surface area contributed by atoms with Crippen molar-refractivity contribution in [2.75, 3.05) is 7.11 Å². The van der Waals surface area contributed by atoms with Crippen molar-refractivity contribution in [3.8, 4) is 11.5 Å². The summed E-state index contributed by atoms with van der Waals surface area (Å²) in [6.45, 7) is 1.93. The molecule has 7 heteroatoms. The lowest BCUT2D eigenvalue weighted by atomic mass is 10.1. The Hall–Kier alpha value is -3.64. The van der Waals surface area contributed by atoms with Gasteiger partial charge < -0.3 is 9.47 Å². The summed E-state index contributed by atoms with van der Waals surface area (Å²) in [6.07, 6.45) is 1.37. The van der Waals surface area contributed by atoms with Gasteiger partial charge in [-0.15, -0.1) is 0 Å². The van der Waals surface area contributed by atoms with Gasteiger partial charge in [0.1, 0.15) is 11.5 Å². The normalized spacial score (nSPS) is 10.6. The first-order valence-electron chi connectivity index (χ1n) is 9.02. The van der Waals surface area contributed by atoms with Crippen LogP contribution in [0, 0.1) is 6.92 Å². The van der Waals surface area contributed by atoms with E-state index < -0.39 is 11.9 Å². The molecule has 3 aromatic rings. The minimum Gasteiger partial charge on any atom is -0.497 e. The Morgan fingerprint density at radius 2 is 1.63 bits per heavy atom. The first-order valence-corrected chi connectivity index (χ1v) is 9.40. The van der Waals surface area contributed by atoms with E-state index in [2.05, 4.69) is 10.5 Å². The van der Waals surface area contributed by atoms with Crippen LogP contribution >= 0.6 is 11.6 Å². The zero-order valence-corrected chi connectivity index (χ0v) is 17.1. The average Bonchev–Trinajstić information content (AvgIpc) is 2.76. The SMILES string of the molecule is COc1ccc(C(=O)N/N=C/c2cc(Cl)ccc2OC(=O)c2ccc(C)cc2)cc1. The highest BCUT2D eigenvalue weighted by atomic mass is 35.5. The molecule has 0 radical (unpaired) electrons. The van der Waals surface area contributed by atoms with E-state index in [0.717, 1.165) is 5.56 Å². The molecule has 0 aliphatic carbocycles. The molecule has 1 amide bonds. The Labute approximate surface area is 179 Å². The Morgan fingerprint density at radius 1 is 0.967 bits per heavy atom. The number of esters is 1. The highest BCUT2D eigenvalue weighted by molar-refractivity contribution is 6.31. The van der Waals surface area contributed by atoms with Gasteiger partial charge in [0, 0.05) is 16.1 Å². The van der Waals surface area contributed by atoms with E-state index in [0.29, 0.717) is 27.5 Å². The zero-order chi connectivity index (χ0) is 21.5. The fraction of sp³-hybridized carbons (Fsp3) is 0.0870. The lowest BCUT2D eigenvalue weighted by Crippen LogP contribution is -2.17. The summed E-state index contributed by atoms with van der Waals surface area (Å²) in [4.78, 5) is 24.6. The Balaban J connectivity index is 1.71. The molecule has 0 aromatic heterocycles. The van der Waals surface area contributed by atoms with E-state index >= 15 is 0 Å². The van der Waals surface area contributed by atoms with Crippen LogP contribution in [0.4, 0.5) is 0 Å². The first-order chi connectivity index (χ1) is 14.5. The fourth-order valence-corrected chi connectivity index (χ4v) is 2.71. The van der Waals surface area contributed by atoms with Crippen molar-refractivity contribution in [1.29, 1.82) is 0 Å². The van der Waals surface area contributed by atoms with Gasteiger partial charge in [0.2, 0.25) is 0 Å². The van der Waals surface area contributed by atoms with Crippen LogP contribution in [0.2, 0.25) is 5.02 Å². The molecule has 0 atom stereocenters. The first kappa shape index (κ1) is 21.1. The molecule has 6 nitrogen and oxygen atoms in total.